The van der Waals surface area contributed by atoms with E-state index in [2.05, 4.69) is 5.10 Å². The number of hydrogen-bond acceptors (Lipinski definition) is 2. The lowest BCUT2D eigenvalue weighted by Crippen LogP contribution is -2.10. The highest BCUT2D eigenvalue weighted by Crippen LogP contribution is 2.22. The van der Waals surface area contributed by atoms with Crippen LogP contribution in [0.1, 0.15) is 36.2 Å². The summed E-state index contributed by atoms with van der Waals surface area (Å²) < 4.78 is 37.5. The van der Waals surface area contributed by atoms with Gasteiger partial charge in [-0.05, 0) is 20.3 Å². The first-order valence-corrected chi connectivity index (χ1v) is 5.78. The molecule has 0 saturated heterocycles. The number of ketones is 1. The molecule has 3 nitrogen and oxygen atoms in total. The Morgan fingerprint density at radius 1 is 1.33 bits per heavy atom. The molecule has 1 aromatic heterocycles. The van der Waals surface area contributed by atoms with Gasteiger partial charge in [-0.2, -0.15) is 18.3 Å². The summed E-state index contributed by atoms with van der Waals surface area (Å²) in [5, 5.41) is 4.17. The molecule has 0 amide bonds. The van der Waals surface area contributed by atoms with Crippen molar-refractivity contribution in [3.8, 4) is 0 Å². The predicted octanol–water partition coefficient (Wildman–Crippen LogP) is 2.88. The topological polar surface area (TPSA) is 34.9 Å². The van der Waals surface area contributed by atoms with Crippen molar-refractivity contribution >= 4 is 5.78 Å². The maximum absolute atomic E-state index is 11.9. The van der Waals surface area contributed by atoms with Crippen LogP contribution < -0.4 is 0 Å². The van der Waals surface area contributed by atoms with Gasteiger partial charge in [-0.3, -0.25) is 9.48 Å². The van der Waals surface area contributed by atoms with E-state index in [-0.39, 0.29) is 25.0 Å². The van der Waals surface area contributed by atoms with Gasteiger partial charge in [-0.25, -0.2) is 0 Å². The zero-order valence-corrected chi connectivity index (χ0v) is 10.8. The average molecular weight is 262 g/mol. The van der Waals surface area contributed by atoms with Crippen molar-refractivity contribution in [3.63, 3.8) is 0 Å². The zero-order valence-electron chi connectivity index (χ0n) is 10.8. The molecule has 18 heavy (non-hydrogen) atoms. The second-order valence-corrected chi connectivity index (χ2v) is 4.46. The quantitative estimate of drug-likeness (QED) is 0.817. The first kappa shape index (κ1) is 14.7. The minimum Gasteiger partial charge on any atom is -0.299 e. The molecule has 0 unspecified atom stereocenters. The Kier molecular flexibility index (Phi) is 4.53. The van der Waals surface area contributed by atoms with Crippen molar-refractivity contribution in [2.75, 3.05) is 0 Å². The lowest BCUT2D eigenvalue weighted by atomic mass is 10.0. The molecular formula is C12H17F3N2O. The summed E-state index contributed by atoms with van der Waals surface area (Å²) in [5.74, 6) is -0.168. The van der Waals surface area contributed by atoms with Crippen LogP contribution in [0.15, 0.2) is 0 Å². The lowest BCUT2D eigenvalue weighted by molar-refractivity contribution is -0.137. The average Bonchev–Trinajstić information content (AvgIpc) is 2.43. The molecule has 0 aliphatic heterocycles. The van der Waals surface area contributed by atoms with Gasteiger partial charge in [0.25, 0.3) is 0 Å². The van der Waals surface area contributed by atoms with Gasteiger partial charge in [0.2, 0.25) is 0 Å². The highest BCUT2D eigenvalue weighted by atomic mass is 19.4. The summed E-state index contributed by atoms with van der Waals surface area (Å²) in [6.07, 6.45) is -5.08. The number of alkyl halides is 3. The number of nitrogens with zero attached hydrogens (tertiary/aromatic N) is 2. The van der Waals surface area contributed by atoms with E-state index in [1.54, 1.807) is 18.7 Å². The summed E-state index contributed by atoms with van der Waals surface area (Å²) in [6.45, 7) is 3.64. The first-order chi connectivity index (χ1) is 8.20. The molecule has 1 aromatic rings. The van der Waals surface area contributed by atoms with E-state index in [0.29, 0.717) is 0 Å². The lowest BCUT2D eigenvalue weighted by Gasteiger charge is -2.05. The number of aryl methyl sites for hydroxylation is 2. The highest BCUT2D eigenvalue weighted by Gasteiger charge is 2.26. The van der Waals surface area contributed by atoms with Gasteiger partial charge in [-0.15, -0.1) is 0 Å². The third-order valence-corrected chi connectivity index (χ3v) is 2.95. The van der Waals surface area contributed by atoms with Gasteiger partial charge >= 0.3 is 6.18 Å². The number of rotatable bonds is 5. The van der Waals surface area contributed by atoms with Crippen LogP contribution in [0.2, 0.25) is 0 Å². The minimum atomic E-state index is -4.18. The van der Waals surface area contributed by atoms with E-state index in [4.69, 9.17) is 0 Å². The van der Waals surface area contributed by atoms with Crippen molar-refractivity contribution in [1.82, 2.24) is 9.78 Å². The number of Topliss-reactive ketones (excluding diaryl/α,β-unsaturated/α-hetero) is 1. The number of carbonyl (C=O) groups excluding carboxylic acids is 1. The number of aromatic nitrogens is 2. The van der Waals surface area contributed by atoms with Gasteiger partial charge in [-0.1, -0.05) is 0 Å². The molecular weight excluding hydrogens is 245 g/mol. The molecule has 1 heterocycles. The van der Waals surface area contributed by atoms with Crippen LogP contribution >= 0.6 is 0 Å². The molecule has 102 valence electrons. The SMILES string of the molecule is Cc1nn(C)c(C)c1CC(=O)CCCC(F)(F)F. The van der Waals surface area contributed by atoms with Gasteiger partial charge in [0.1, 0.15) is 5.78 Å². The predicted molar refractivity (Wildman–Crippen MR) is 61.3 cm³/mol. The Balaban J connectivity index is 2.50. The molecule has 0 spiro atoms. The van der Waals surface area contributed by atoms with Crippen LogP contribution in [0.25, 0.3) is 0 Å². The molecule has 0 N–H and O–H groups in total. The second kappa shape index (κ2) is 5.54. The molecule has 6 heteroatoms. The summed E-state index contributed by atoms with van der Waals surface area (Å²) >= 11 is 0. The van der Waals surface area contributed by atoms with Crippen LogP contribution in [0.5, 0.6) is 0 Å². The maximum Gasteiger partial charge on any atom is 0.389 e. The maximum atomic E-state index is 11.9. The number of halogens is 3. The second-order valence-electron chi connectivity index (χ2n) is 4.46. The van der Waals surface area contributed by atoms with Crippen LogP contribution in [0, 0.1) is 13.8 Å². The molecule has 0 aliphatic rings. The number of hydrogen-bond donors (Lipinski definition) is 0. The summed E-state index contributed by atoms with van der Waals surface area (Å²) in [7, 11) is 1.78. The van der Waals surface area contributed by atoms with Crippen LogP contribution in [0.4, 0.5) is 13.2 Å². The Hall–Kier alpha value is -1.33. The molecule has 0 aromatic carbocycles. The van der Waals surface area contributed by atoms with E-state index in [1.807, 2.05) is 6.92 Å². The Bertz CT molecular complexity index is 435. The fourth-order valence-corrected chi connectivity index (χ4v) is 1.84. The Labute approximate surface area is 104 Å². The monoisotopic (exact) mass is 262 g/mol. The first-order valence-electron chi connectivity index (χ1n) is 5.78. The summed E-state index contributed by atoms with van der Waals surface area (Å²) in [6, 6.07) is 0. The largest absolute Gasteiger partial charge is 0.389 e. The van der Waals surface area contributed by atoms with Crippen LogP contribution in [-0.4, -0.2) is 21.7 Å². The van der Waals surface area contributed by atoms with E-state index in [0.717, 1.165) is 17.0 Å². The van der Waals surface area contributed by atoms with Crippen LogP contribution in [0.3, 0.4) is 0 Å². The summed E-state index contributed by atoms with van der Waals surface area (Å²) in [5.41, 5.74) is 2.48. The third kappa shape index (κ3) is 4.16. The van der Waals surface area contributed by atoms with Crippen molar-refractivity contribution in [2.24, 2.45) is 7.05 Å². The molecule has 0 fully saturated rings. The van der Waals surface area contributed by atoms with Crippen LogP contribution in [-0.2, 0) is 18.3 Å². The van der Waals surface area contributed by atoms with E-state index < -0.39 is 12.6 Å². The van der Waals surface area contributed by atoms with E-state index in [9.17, 15) is 18.0 Å². The summed E-state index contributed by atoms with van der Waals surface area (Å²) in [4.78, 5) is 11.6. The molecule has 0 atom stereocenters. The standard InChI is InChI=1S/C12H17F3N2O/c1-8-11(9(2)17(3)16-8)7-10(18)5-4-6-12(13,14)15/h4-7H2,1-3H3. The molecule has 0 saturated carbocycles. The third-order valence-electron chi connectivity index (χ3n) is 2.95. The van der Waals surface area contributed by atoms with E-state index >= 15 is 0 Å². The van der Waals surface area contributed by atoms with Gasteiger partial charge < -0.3 is 0 Å². The molecule has 0 aliphatic carbocycles. The molecule has 1 rings (SSSR count). The van der Waals surface area contributed by atoms with Crippen molar-refractivity contribution in [2.45, 2.75) is 45.7 Å². The van der Waals surface area contributed by atoms with Crippen molar-refractivity contribution in [3.05, 3.63) is 17.0 Å². The molecule has 0 bridgehead atoms. The van der Waals surface area contributed by atoms with Crippen molar-refractivity contribution < 1.29 is 18.0 Å². The Morgan fingerprint density at radius 3 is 2.39 bits per heavy atom. The molecule has 0 radical (unpaired) electrons. The van der Waals surface area contributed by atoms with Gasteiger partial charge in [0, 0.05) is 37.6 Å². The Morgan fingerprint density at radius 2 is 1.94 bits per heavy atom. The highest BCUT2D eigenvalue weighted by molar-refractivity contribution is 5.81. The normalized spacial score (nSPS) is 11.9. The van der Waals surface area contributed by atoms with Crippen molar-refractivity contribution in [1.29, 1.82) is 0 Å². The smallest absolute Gasteiger partial charge is 0.299 e. The van der Waals surface area contributed by atoms with Gasteiger partial charge in [0.15, 0.2) is 0 Å². The van der Waals surface area contributed by atoms with Gasteiger partial charge in [0.05, 0.1) is 5.69 Å². The fourth-order valence-electron chi connectivity index (χ4n) is 1.84. The fraction of sp³-hybridized carbons (Fsp3) is 0.667. The van der Waals surface area contributed by atoms with E-state index in [1.165, 1.54) is 0 Å². The number of carbonyl (C=O) groups is 1. The minimum absolute atomic E-state index is 0.0344. The zero-order chi connectivity index (χ0) is 13.9.